The van der Waals surface area contributed by atoms with Gasteiger partial charge in [-0.05, 0) is 0 Å². The van der Waals surface area contributed by atoms with Crippen molar-refractivity contribution in [1.29, 1.82) is 0 Å². The summed E-state index contributed by atoms with van der Waals surface area (Å²) in [5, 5.41) is 10.7. The SMILES string of the molecule is COc1ccc(C#C[Se]CC(O)c2ccccc2)cc1. The van der Waals surface area contributed by atoms with Crippen LogP contribution in [0.3, 0.4) is 0 Å². The van der Waals surface area contributed by atoms with E-state index in [-0.39, 0.29) is 15.0 Å². The molecule has 1 N–H and O–H groups in total. The van der Waals surface area contributed by atoms with Gasteiger partial charge in [-0.15, -0.1) is 0 Å². The van der Waals surface area contributed by atoms with Crippen LogP contribution < -0.4 is 4.74 Å². The van der Waals surface area contributed by atoms with E-state index < -0.39 is 6.10 Å². The molecule has 0 aliphatic heterocycles. The van der Waals surface area contributed by atoms with Crippen LogP contribution >= 0.6 is 0 Å². The van der Waals surface area contributed by atoms with Gasteiger partial charge in [-0.25, -0.2) is 0 Å². The monoisotopic (exact) mass is 332 g/mol. The van der Waals surface area contributed by atoms with Crippen molar-refractivity contribution < 1.29 is 9.84 Å². The van der Waals surface area contributed by atoms with Crippen LogP contribution in [-0.4, -0.2) is 27.2 Å². The number of hydrogen-bond donors (Lipinski definition) is 1. The predicted octanol–water partition coefficient (Wildman–Crippen LogP) is 2.86. The molecule has 0 saturated carbocycles. The van der Waals surface area contributed by atoms with Crippen molar-refractivity contribution in [2.45, 2.75) is 11.4 Å². The van der Waals surface area contributed by atoms with Crippen LogP contribution in [0, 0.1) is 10.7 Å². The first-order valence-electron chi connectivity index (χ1n) is 6.29. The van der Waals surface area contributed by atoms with Crippen LogP contribution in [0.4, 0.5) is 0 Å². The Bertz CT molecular complexity index is 582. The minimum atomic E-state index is -0.415. The Hall–Kier alpha value is -1.72. The summed E-state index contributed by atoms with van der Waals surface area (Å²) in [6.45, 7) is 0. The first-order chi connectivity index (χ1) is 9.79. The topological polar surface area (TPSA) is 29.5 Å². The normalized spacial score (nSPS) is 11.3. The van der Waals surface area contributed by atoms with E-state index >= 15 is 0 Å². The fourth-order valence-corrected chi connectivity index (χ4v) is 2.97. The van der Waals surface area contributed by atoms with Crippen molar-refractivity contribution in [3.63, 3.8) is 0 Å². The summed E-state index contributed by atoms with van der Waals surface area (Å²) in [7, 11) is 1.65. The molecule has 102 valence electrons. The summed E-state index contributed by atoms with van der Waals surface area (Å²) in [4.78, 5) is 3.15. The van der Waals surface area contributed by atoms with E-state index in [1.165, 1.54) is 0 Å². The molecular formula is C17H16O2Se. The maximum atomic E-state index is 10.0. The standard InChI is InChI=1S/C17H16O2Se/c1-19-16-9-7-14(8-10-16)11-12-20-13-17(18)15-5-3-2-4-6-15/h2-10,17-18H,13H2,1H3. The van der Waals surface area contributed by atoms with Gasteiger partial charge in [-0.2, -0.15) is 0 Å². The van der Waals surface area contributed by atoms with Crippen LogP contribution in [0.2, 0.25) is 5.32 Å². The summed E-state index contributed by atoms with van der Waals surface area (Å²) >= 11 is 0.106. The molecule has 0 aliphatic rings. The summed E-state index contributed by atoms with van der Waals surface area (Å²) < 4.78 is 5.10. The molecule has 0 fully saturated rings. The Morgan fingerprint density at radius 1 is 1.10 bits per heavy atom. The Morgan fingerprint density at radius 3 is 2.45 bits per heavy atom. The number of aliphatic hydroxyl groups is 1. The second kappa shape index (κ2) is 7.77. The first kappa shape index (κ1) is 14.7. The van der Waals surface area contributed by atoms with Crippen molar-refractivity contribution in [3.05, 3.63) is 65.7 Å². The average Bonchev–Trinajstić information content (AvgIpc) is 2.53. The number of ether oxygens (including phenoxy) is 1. The van der Waals surface area contributed by atoms with Crippen LogP contribution in [-0.2, 0) is 0 Å². The zero-order chi connectivity index (χ0) is 14.2. The molecule has 2 rings (SSSR count). The maximum absolute atomic E-state index is 10.0. The Kier molecular flexibility index (Phi) is 5.70. The summed E-state index contributed by atoms with van der Waals surface area (Å²) in [5.41, 5.74) is 1.93. The molecule has 0 aliphatic carbocycles. The molecule has 0 saturated heterocycles. The van der Waals surface area contributed by atoms with E-state index in [0.29, 0.717) is 5.32 Å². The molecule has 0 aromatic heterocycles. The van der Waals surface area contributed by atoms with Gasteiger partial charge in [0.05, 0.1) is 0 Å². The minimum absolute atomic E-state index is 0.106. The Labute approximate surface area is 126 Å². The van der Waals surface area contributed by atoms with Gasteiger partial charge in [0.25, 0.3) is 0 Å². The number of methoxy groups -OCH3 is 1. The van der Waals surface area contributed by atoms with E-state index in [1.807, 2.05) is 54.6 Å². The molecule has 0 amide bonds. The molecule has 0 heterocycles. The van der Waals surface area contributed by atoms with Gasteiger partial charge in [-0.3, -0.25) is 0 Å². The second-order valence-corrected chi connectivity index (χ2v) is 5.93. The van der Waals surface area contributed by atoms with Gasteiger partial charge in [0.1, 0.15) is 0 Å². The molecule has 2 aromatic rings. The van der Waals surface area contributed by atoms with Crippen LogP contribution in [0.15, 0.2) is 54.6 Å². The van der Waals surface area contributed by atoms with Gasteiger partial charge in [-0.1, -0.05) is 0 Å². The fraction of sp³-hybridized carbons (Fsp3) is 0.176. The molecule has 0 radical (unpaired) electrons. The zero-order valence-corrected chi connectivity index (χ0v) is 13.0. The quantitative estimate of drug-likeness (QED) is 0.690. The number of benzene rings is 2. The molecular weight excluding hydrogens is 315 g/mol. The molecule has 0 spiro atoms. The third kappa shape index (κ3) is 4.43. The van der Waals surface area contributed by atoms with Gasteiger partial charge in [0.2, 0.25) is 0 Å². The Morgan fingerprint density at radius 2 is 1.80 bits per heavy atom. The van der Waals surface area contributed by atoms with E-state index in [4.69, 9.17) is 4.74 Å². The summed E-state index contributed by atoms with van der Waals surface area (Å²) in [6.07, 6.45) is -0.415. The third-order valence-corrected chi connectivity index (χ3v) is 4.31. The van der Waals surface area contributed by atoms with E-state index in [2.05, 4.69) is 10.7 Å². The van der Waals surface area contributed by atoms with Crippen LogP contribution in [0.25, 0.3) is 0 Å². The van der Waals surface area contributed by atoms with Crippen molar-refractivity contribution in [3.8, 4) is 16.5 Å². The molecule has 3 heteroatoms. The Balaban J connectivity index is 1.85. The van der Waals surface area contributed by atoms with E-state index in [1.54, 1.807) is 7.11 Å². The number of aliphatic hydroxyl groups excluding tert-OH is 1. The molecule has 20 heavy (non-hydrogen) atoms. The van der Waals surface area contributed by atoms with Crippen molar-refractivity contribution in [2.24, 2.45) is 0 Å². The molecule has 2 aromatic carbocycles. The molecule has 1 atom stereocenters. The first-order valence-corrected chi connectivity index (χ1v) is 8.36. The van der Waals surface area contributed by atoms with E-state index in [0.717, 1.165) is 16.9 Å². The van der Waals surface area contributed by atoms with Crippen LogP contribution in [0.5, 0.6) is 5.75 Å². The molecule has 0 bridgehead atoms. The molecule has 2 nitrogen and oxygen atoms in total. The van der Waals surface area contributed by atoms with Crippen molar-refractivity contribution in [1.82, 2.24) is 0 Å². The van der Waals surface area contributed by atoms with Gasteiger partial charge < -0.3 is 0 Å². The molecule has 1 unspecified atom stereocenters. The summed E-state index contributed by atoms with van der Waals surface area (Å²) in [5.74, 6) is 3.95. The number of rotatable bonds is 4. The van der Waals surface area contributed by atoms with E-state index in [9.17, 15) is 5.11 Å². The van der Waals surface area contributed by atoms with Gasteiger partial charge >= 0.3 is 126 Å². The van der Waals surface area contributed by atoms with Crippen molar-refractivity contribution >= 4 is 15.0 Å². The van der Waals surface area contributed by atoms with Crippen molar-refractivity contribution in [2.75, 3.05) is 7.11 Å². The van der Waals surface area contributed by atoms with Crippen LogP contribution in [0.1, 0.15) is 17.2 Å². The summed E-state index contributed by atoms with van der Waals surface area (Å²) in [6, 6.07) is 17.4. The zero-order valence-electron chi connectivity index (χ0n) is 11.2. The fourth-order valence-electron chi connectivity index (χ4n) is 1.66. The second-order valence-electron chi connectivity index (χ2n) is 4.19. The third-order valence-electron chi connectivity index (χ3n) is 2.78. The number of hydrogen-bond acceptors (Lipinski definition) is 2. The van der Waals surface area contributed by atoms with Gasteiger partial charge in [0, 0.05) is 0 Å². The average molecular weight is 331 g/mol. The van der Waals surface area contributed by atoms with Gasteiger partial charge in [0.15, 0.2) is 0 Å². The predicted molar refractivity (Wildman–Crippen MR) is 81.8 cm³/mol.